The molecule has 166 valence electrons. The summed E-state index contributed by atoms with van der Waals surface area (Å²) in [5.74, 6) is 2.86. The van der Waals surface area contributed by atoms with Crippen LogP contribution in [0.5, 0.6) is 11.5 Å². The average Bonchev–Trinajstić information content (AvgIpc) is 3.55. The molecule has 0 aromatic heterocycles. The highest BCUT2D eigenvalue weighted by Crippen LogP contribution is 2.69. The minimum Gasteiger partial charge on any atom is -0.504 e. The molecule has 8 rings (SSSR count). The Kier molecular flexibility index (Phi) is 3.69. The van der Waals surface area contributed by atoms with Crippen LogP contribution < -0.4 is 4.74 Å². The number of nitrogens with zero attached hydrogens (tertiary/aromatic N) is 1. The monoisotopic (exact) mass is 423 g/mol. The summed E-state index contributed by atoms with van der Waals surface area (Å²) in [6.45, 7) is 4.05. The molecule has 0 radical (unpaired) electrons. The number of hydrogen-bond acceptors (Lipinski definition) is 5. The standard InChI is InChI=1S/C26H33NO4/c1-14(28)19-12-17-18-7-8-26(19,30-2)24-25(18)9-10-27(13-15-3-4-15)20(17)11-16-5-6-21(29)23(31-24)22(16)25/h5-6,15,17-20,24,29H,3-4,7-13H2,1-2H3/t17?,18-,19+,20+,24+,25-,26+/m0/s1. The van der Waals surface area contributed by atoms with Gasteiger partial charge in [-0.2, -0.15) is 0 Å². The van der Waals surface area contributed by atoms with E-state index in [-0.39, 0.29) is 29.0 Å². The van der Waals surface area contributed by atoms with Gasteiger partial charge in [-0.25, -0.2) is 0 Å². The van der Waals surface area contributed by atoms with Crippen LogP contribution in [0.1, 0.15) is 56.6 Å². The number of carbonyl (C=O) groups excluding carboxylic acids is 1. The maximum absolute atomic E-state index is 13.1. The van der Waals surface area contributed by atoms with Crippen molar-refractivity contribution in [2.45, 2.75) is 75.0 Å². The van der Waals surface area contributed by atoms with Gasteiger partial charge in [0.2, 0.25) is 0 Å². The van der Waals surface area contributed by atoms with Crippen LogP contribution in [0.4, 0.5) is 0 Å². The van der Waals surface area contributed by atoms with Gasteiger partial charge in [-0.1, -0.05) is 6.07 Å². The molecule has 31 heavy (non-hydrogen) atoms. The number of hydrogen-bond donors (Lipinski definition) is 1. The number of fused-ring (bicyclic) bond motifs is 2. The smallest absolute Gasteiger partial charge is 0.165 e. The van der Waals surface area contributed by atoms with E-state index in [1.54, 1.807) is 14.0 Å². The first-order chi connectivity index (χ1) is 15.0. The third kappa shape index (κ3) is 2.18. The van der Waals surface area contributed by atoms with Crippen molar-refractivity contribution in [1.82, 2.24) is 4.90 Å². The highest BCUT2D eigenvalue weighted by atomic mass is 16.6. The predicted molar refractivity (Wildman–Crippen MR) is 115 cm³/mol. The Labute approximate surface area is 184 Å². The highest BCUT2D eigenvalue weighted by molar-refractivity contribution is 5.80. The zero-order valence-corrected chi connectivity index (χ0v) is 18.6. The topological polar surface area (TPSA) is 59.0 Å². The molecule has 1 N–H and O–H groups in total. The van der Waals surface area contributed by atoms with Crippen molar-refractivity contribution in [3.63, 3.8) is 0 Å². The van der Waals surface area contributed by atoms with Crippen LogP contribution in [0.15, 0.2) is 12.1 Å². The van der Waals surface area contributed by atoms with Crippen molar-refractivity contribution in [3.8, 4) is 11.5 Å². The van der Waals surface area contributed by atoms with Crippen LogP contribution in [0.2, 0.25) is 0 Å². The van der Waals surface area contributed by atoms with E-state index < -0.39 is 5.60 Å². The molecule has 1 unspecified atom stereocenters. The molecule has 5 fully saturated rings. The number of likely N-dealkylation sites (tertiary alicyclic amines) is 1. The lowest BCUT2D eigenvalue weighted by molar-refractivity contribution is -0.173. The van der Waals surface area contributed by atoms with Crippen molar-refractivity contribution in [1.29, 1.82) is 0 Å². The fraction of sp³-hybridized carbons (Fsp3) is 0.731. The molecule has 5 nitrogen and oxygen atoms in total. The third-order valence-electron chi connectivity index (χ3n) is 10.2. The molecule has 2 aliphatic heterocycles. The lowest BCUT2D eigenvalue weighted by atomic mass is 9.54. The first-order valence-electron chi connectivity index (χ1n) is 12.3. The van der Waals surface area contributed by atoms with Crippen LogP contribution in [-0.4, -0.2) is 53.7 Å². The highest BCUT2D eigenvalue weighted by Gasteiger charge is 2.73. The van der Waals surface area contributed by atoms with Gasteiger partial charge in [-0.15, -0.1) is 0 Å². The van der Waals surface area contributed by atoms with Gasteiger partial charge in [0.15, 0.2) is 11.5 Å². The molecule has 1 aromatic carbocycles. The van der Waals surface area contributed by atoms with Crippen molar-refractivity contribution in [2.24, 2.45) is 23.7 Å². The van der Waals surface area contributed by atoms with Gasteiger partial charge in [-0.05, 0) is 87.8 Å². The number of carbonyl (C=O) groups is 1. The Hall–Kier alpha value is -1.59. The Morgan fingerprint density at radius 1 is 1.29 bits per heavy atom. The van der Waals surface area contributed by atoms with Crippen molar-refractivity contribution >= 4 is 5.78 Å². The normalized spacial score (nSPS) is 44.5. The largest absolute Gasteiger partial charge is 0.504 e. The van der Waals surface area contributed by atoms with E-state index in [0.29, 0.717) is 23.6 Å². The van der Waals surface area contributed by atoms with Crippen LogP contribution in [0.3, 0.4) is 0 Å². The van der Waals surface area contributed by atoms with Gasteiger partial charge in [0, 0.05) is 30.7 Å². The molecular weight excluding hydrogens is 390 g/mol. The van der Waals surface area contributed by atoms with Crippen molar-refractivity contribution in [3.05, 3.63) is 23.3 Å². The van der Waals surface area contributed by atoms with E-state index in [0.717, 1.165) is 44.6 Å². The summed E-state index contributed by atoms with van der Waals surface area (Å²) in [6, 6.07) is 4.45. The summed E-state index contributed by atoms with van der Waals surface area (Å²) >= 11 is 0. The first kappa shape index (κ1) is 18.9. The number of aromatic hydroxyl groups is 1. The number of phenolic OH excluding ortho intramolecular Hbond substituents is 1. The number of benzene rings is 1. The second-order valence-electron chi connectivity index (χ2n) is 11.3. The maximum Gasteiger partial charge on any atom is 0.165 e. The minimum absolute atomic E-state index is 0.138. The lowest BCUT2D eigenvalue weighted by Gasteiger charge is -2.53. The molecule has 4 saturated carbocycles. The molecule has 0 amide bonds. The minimum atomic E-state index is -0.597. The van der Waals surface area contributed by atoms with E-state index in [4.69, 9.17) is 9.47 Å². The summed E-state index contributed by atoms with van der Waals surface area (Å²) in [7, 11) is 1.78. The van der Waals surface area contributed by atoms with Gasteiger partial charge in [0.25, 0.3) is 0 Å². The quantitative estimate of drug-likeness (QED) is 0.804. The van der Waals surface area contributed by atoms with Crippen LogP contribution in [0.25, 0.3) is 0 Å². The van der Waals surface area contributed by atoms with E-state index in [2.05, 4.69) is 11.0 Å². The predicted octanol–water partition coefficient (Wildman–Crippen LogP) is 3.45. The van der Waals surface area contributed by atoms with Gasteiger partial charge in [0.05, 0.1) is 5.92 Å². The molecule has 2 heterocycles. The van der Waals surface area contributed by atoms with Gasteiger partial charge in [-0.3, -0.25) is 9.69 Å². The zero-order chi connectivity index (χ0) is 21.1. The SMILES string of the molecule is CO[C@]12CC[C@H]3C(C[C@@H]1C(C)=O)[C@H]1Cc4ccc(O)c5c4[C@@]3(CCN1CC1CC1)[C@H]2O5. The number of rotatable bonds is 4. The third-order valence-corrected chi connectivity index (χ3v) is 10.2. The second kappa shape index (κ2) is 6.05. The number of Topliss-reactive ketones (excluding diaryl/α,β-unsaturated/α-hetero) is 1. The lowest BCUT2D eigenvalue weighted by Crippen LogP contribution is -2.64. The fourth-order valence-corrected chi connectivity index (χ4v) is 8.90. The molecular formula is C26H33NO4. The van der Waals surface area contributed by atoms with Crippen LogP contribution >= 0.6 is 0 Å². The fourth-order valence-electron chi connectivity index (χ4n) is 8.90. The molecule has 7 aliphatic rings. The number of phenols is 1. The molecule has 7 atom stereocenters. The van der Waals surface area contributed by atoms with E-state index in [1.807, 2.05) is 6.07 Å². The molecule has 1 saturated heterocycles. The summed E-state index contributed by atoms with van der Waals surface area (Å²) in [4.78, 5) is 15.9. The van der Waals surface area contributed by atoms with Gasteiger partial charge >= 0.3 is 0 Å². The van der Waals surface area contributed by atoms with Gasteiger partial charge < -0.3 is 14.6 Å². The van der Waals surface area contributed by atoms with E-state index in [9.17, 15) is 9.90 Å². The first-order valence-corrected chi connectivity index (χ1v) is 12.3. The summed E-state index contributed by atoms with van der Waals surface area (Å²) in [5, 5.41) is 10.8. The van der Waals surface area contributed by atoms with E-state index in [1.165, 1.54) is 30.5 Å². The van der Waals surface area contributed by atoms with Crippen molar-refractivity contribution < 1.29 is 19.4 Å². The molecule has 1 spiro atoms. The number of ether oxygens (including phenoxy) is 2. The van der Waals surface area contributed by atoms with Gasteiger partial charge in [0.1, 0.15) is 17.5 Å². The molecule has 5 bridgehead atoms. The number of methoxy groups -OCH3 is 1. The van der Waals surface area contributed by atoms with E-state index >= 15 is 0 Å². The Bertz CT molecular complexity index is 972. The van der Waals surface area contributed by atoms with Crippen LogP contribution in [0, 0.1) is 23.7 Å². The average molecular weight is 424 g/mol. The Morgan fingerprint density at radius 3 is 2.87 bits per heavy atom. The van der Waals surface area contributed by atoms with Crippen LogP contribution in [-0.2, 0) is 21.4 Å². The summed E-state index contributed by atoms with van der Waals surface area (Å²) in [5.41, 5.74) is 1.88. The molecule has 1 aromatic rings. The Morgan fingerprint density at radius 2 is 2.13 bits per heavy atom. The second-order valence-corrected chi connectivity index (χ2v) is 11.3. The maximum atomic E-state index is 13.1. The zero-order valence-electron chi connectivity index (χ0n) is 18.6. The summed E-state index contributed by atoms with van der Waals surface area (Å²) < 4.78 is 13.1. The molecule has 5 aliphatic carbocycles. The molecule has 5 heteroatoms. The van der Waals surface area contributed by atoms with Crippen molar-refractivity contribution in [2.75, 3.05) is 20.2 Å². The Balaban J connectivity index is 1.51. The summed E-state index contributed by atoms with van der Waals surface area (Å²) in [6.07, 6.45) is 7.48. The number of ketones is 1.